The van der Waals surface area contributed by atoms with E-state index in [1.807, 2.05) is 19.1 Å². The minimum atomic E-state index is -0.485. The number of carbonyl (C=O) groups is 1. The molecule has 1 aliphatic rings. The molecule has 2 aromatic carbocycles. The Labute approximate surface area is 179 Å². The van der Waals surface area contributed by atoms with Crippen molar-refractivity contribution in [3.05, 3.63) is 71.7 Å². The van der Waals surface area contributed by atoms with Gasteiger partial charge in [-0.25, -0.2) is 24.2 Å². The molecule has 1 aromatic heterocycles. The van der Waals surface area contributed by atoms with E-state index in [-0.39, 0.29) is 18.4 Å². The zero-order valence-corrected chi connectivity index (χ0v) is 17.3. The van der Waals surface area contributed by atoms with Crippen LogP contribution in [0, 0.1) is 12.7 Å². The van der Waals surface area contributed by atoms with Crippen molar-refractivity contribution in [1.82, 2.24) is 21.1 Å². The molecular weight excluding hydrogens is 401 g/mol. The summed E-state index contributed by atoms with van der Waals surface area (Å²) in [7, 11) is 3.13. The number of nitrogens with one attached hydrogen (secondary N) is 2. The van der Waals surface area contributed by atoms with Gasteiger partial charge in [0, 0.05) is 36.0 Å². The molecule has 2 heterocycles. The zero-order chi connectivity index (χ0) is 22.0. The molecular formula is C22H22FN5O3. The number of aromatic nitrogens is 1. The minimum Gasteiger partial charge on any atom is -0.486 e. The van der Waals surface area contributed by atoms with Crippen molar-refractivity contribution in [3.8, 4) is 22.8 Å². The highest BCUT2D eigenvalue weighted by Gasteiger charge is 2.28. The molecule has 160 valence electrons. The second-order valence-electron chi connectivity index (χ2n) is 6.97. The van der Waals surface area contributed by atoms with Crippen LogP contribution in [0.5, 0.6) is 11.6 Å². The first-order valence-electron chi connectivity index (χ1n) is 9.59. The van der Waals surface area contributed by atoms with Crippen LogP contribution in [0.25, 0.3) is 11.1 Å². The van der Waals surface area contributed by atoms with Gasteiger partial charge in [-0.2, -0.15) is 0 Å². The third-order valence-corrected chi connectivity index (χ3v) is 5.03. The summed E-state index contributed by atoms with van der Waals surface area (Å²) < 4.78 is 26.1. The van der Waals surface area contributed by atoms with Crippen LogP contribution >= 0.6 is 0 Å². The summed E-state index contributed by atoms with van der Waals surface area (Å²) in [5.74, 6) is 0.0775. The van der Waals surface area contributed by atoms with E-state index in [1.165, 1.54) is 17.1 Å². The summed E-state index contributed by atoms with van der Waals surface area (Å²) in [5, 5.41) is 2.69. The average Bonchev–Trinajstić information content (AvgIpc) is 3.12. The number of methoxy groups -OCH3 is 1. The van der Waals surface area contributed by atoms with Crippen LogP contribution in [0.1, 0.15) is 11.1 Å². The van der Waals surface area contributed by atoms with Crippen molar-refractivity contribution >= 4 is 11.7 Å². The largest absolute Gasteiger partial charge is 0.486 e. The summed E-state index contributed by atoms with van der Waals surface area (Å²) >= 11 is 0. The van der Waals surface area contributed by atoms with E-state index in [0.717, 1.165) is 11.1 Å². The van der Waals surface area contributed by atoms with E-state index in [2.05, 4.69) is 16.1 Å². The van der Waals surface area contributed by atoms with Gasteiger partial charge in [0.2, 0.25) is 5.88 Å². The molecule has 8 nitrogen and oxygen atoms in total. The number of halogens is 1. The standard InChI is InChI=1S/C22H22FN5O3/c1-14-6-4-8-18(28-22(29)27(2)25-26-28)17(14)13-31-19-9-5-7-16(21(19)23)15-10-11-20(30-3)24-12-15/h4-12,25-26H,13H2,1-3H3. The highest BCUT2D eigenvalue weighted by Crippen LogP contribution is 2.31. The molecule has 31 heavy (non-hydrogen) atoms. The Kier molecular flexibility index (Phi) is 5.70. The van der Waals surface area contributed by atoms with Crippen LogP contribution in [-0.4, -0.2) is 30.2 Å². The molecule has 0 radical (unpaired) electrons. The number of ether oxygens (including phenoxy) is 2. The van der Waals surface area contributed by atoms with E-state index in [0.29, 0.717) is 22.7 Å². The number of aryl methyl sites for hydroxylation is 1. The van der Waals surface area contributed by atoms with E-state index < -0.39 is 5.82 Å². The van der Waals surface area contributed by atoms with Gasteiger partial charge in [-0.15, -0.1) is 11.1 Å². The van der Waals surface area contributed by atoms with Crippen molar-refractivity contribution < 1.29 is 18.7 Å². The fourth-order valence-corrected chi connectivity index (χ4v) is 3.27. The number of nitrogens with zero attached hydrogens (tertiary/aromatic N) is 3. The van der Waals surface area contributed by atoms with Gasteiger partial charge >= 0.3 is 6.03 Å². The van der Waals surface area contributed by atoms with Crippen LogP contribution in [0.4, 0.5) is 14.9 Å². The summed E-state index contributed by atoms with van der Waals surface area (Å²) in [6.07, 6.45) is 1.55. The molecule has 0 atom stereocenters. The molecule has 0 unspecified atom stereocenters. The molecule has 4 rings (SSSR count). The van der Waals surface area contributed by atoms with Gasteiger partial charge < -0.3 is 9.47 Å². The van der Waals surface area contributed by atoms with Crippen LogP contribution in [0.3, 0.4) is 0 Å². The number of anilines is 1. The first-order valence-corrected chi connectivity index (χ1v) is 9.59. The molecule has 0 spiro atoms. The predicted octanol–water partition coefficient (Wildman–Crippen LogP) is 3.58. The lowest BCUT2D eigenvalue weighted by atomic mass is 10.1. The average molecular weight is 423 g/mol. The van der Waals surface area contributed by atoms with Crippen LogP contribution in [0.15, 0.2) is 54.7 Å². The van der Waals surface area contributed by atoms with Crippen LogP contribution in [0.2, 0.25) is 0 Å². The molecule has 1 aliphatic heterocycles. The molecule has 3 aromatic rings. The van der Waals surface area contributed by atoms with Gasteiger partial charge in [0.15, 0.2) is 11.6 Å². The third-order valence-electron chi connectivity index (χ3n) is 5.03. The van der Waals surface area contributed by atoms with Crippen molar-refractivity contribution in [1.29, 1.82) is 0 Å². The Morgan fingerprint density at radius 3 is 2.58 bits per heavy atom. The number of hydrogen-bond acceptors (Lipinski definition) is 6. The van der Waals surface area contributed by atoms with E-state index in [1.54, 1.807) is 49.6 Å². The van der Waals surface area contributed by atoms with Gasteiger partial charge in [-0.05, 0) is 30.7 Å². The smallest absolute Gasteiger partial charge is 0.355 e. The molecule has 2 N–H and O–H groups in total. The predicted molar refractivity (Wildman–Crippen MR) is 114 cm³/mol. The summed E-state index contributed by atoms with van der Waals surface area (Å²) in [5.41, 5.74) is 8.81. The van der Waals surface area contributed by atoms with Gasteiger partial charge in [-0.3, -0.25) is 0 Å². The first kappa shape index (κ1) is 20.6. The minimum absolute atomic E-state index is 0.0818. The van der Waals surface area contributed by atoms with E-state index >= 15 is 4.39 Å². The normalized spacial score (nSPS) is 13.6. The highest BCUT2D eigenvalue weighted by atomic mass is 19.1. The van der Waals surface area contributed by atoms with Crippen molar-refractivity contribution in [3.63, 3.8) is 0 Å². The lowest BCUT2D eigenvalue weighted by molar-refractivity contribution is 0.214. The Hall–Kier alpha value is -3.69. The molecule has 9 heteroatoms. The summed E-state index contributed by atoms with van der Waals surface area (Å²) in [4.78, 5) is 16.5. The highest BCUT2D eigenvalue weighted by molar-refractivity contribution is 5.92. The van der Waals surface area contributed by atoms with Crippen LogP contribution < -0.4 is 25.6 Å². The Balaban J connectivity index is 1.60. The molecule has 0 saturated carbocycles. The lowest BCUT2D eigenvalue weighted by Crippen LogP contribution is -2.38. The maximum atomic E-state index is 15.2. The molecule has 1 fully saturated rings. The fourth-order valence-electron chi connectivity index (χ4n) is 3.27. The number of rotatable bonds is 6. The Morgan fingerprint density at radius 1 is 1.10 bits per heavy atom. The number of benzene rings is 2. The topological polar surface area (TPSA) is 79.0 Å². The number of hydrazine groups is 3. The maximum absolute atomic E-state index is 15.2. The molecule has 0 aliphatic carbocycles. The number of amides is 2. The third kappa shape index (κ3) is 4.00. The fraction of sp³-hybridized carbons (Fsp3) is 0.182. The van der Waals surface area contributed by atoms with E-state index in [9.17, 15) is 4.79 Å². The van der Waals surface area contributed by atoms with Crippen LogP contribution in [-0.2, 0) is 6.61 Å². The molecule has 0 bridgehead atoms. The van der Waals surface area contributed by atoms with Crippen molar-refractivity contribution in [2.75, 3.05) is 19.2 Å². The van der Waals surface area contributed by atoms with Crippen molar-refractivity contribution in [2.45, 2.75) is 13.5 Å². The Morgan fingerprint density at radius 2 is 1.90 bits per heavy atom. The second kappa shape index (κ2) is 8.58. The number of pyridine rings is 1. The number of carbonyl (C=O) groups excluding carboxylic acids is 1. The van der Waals surface area contributed by atoms with Gasteiger partial charge in [-0.1, -0.05) is 24.3 Å². The molecule has 2 amide bonds. The number of hydrogen-bond donors (Lipinski definition) is 2. The van der Waals surface area contributed by atoms with E-state index in [4.69, 9.17) is 9.47 Å². The van der Waals surface area contributed by atoms with Gasteiger partial charge in [0.1, 0.15) is 6.61 Å². The van der Waals surface area contributed by atoms with Crippen molar-refractivity contribution in [2.24, 2.45) is 0 Å². The lowest BCUT2D eigenvalue weighted by Gasteiger charge is -2.20. The zero-order valence-electron chi connectivity index (χ0n) is 17.3. The monoisotopic (exact) mass is 423 g/mol. The summed E-state index contributed by atoms with van der Waals surface area (Å²) in [6.45, 7) is 1.99. The molecule has 1 saturated heterocycles. The first-order chi connectivity index (χ1) is 15.0. The SMILES string of the molecule is COc1ccc(-c2cccc(OCc3c(C)cccc3N3NNN(C)C3=O)c2F)cn1. The van der Waals surface area contributed by atoms with Gasteiger partial charge in [0.05, 0.1) is 12.8 Å². The second-order valence-corrected chi connectivity index (χ2v) is 6.97. The van der Waals surface area contributed by atoms with Gasteiger partial charge in [0.25, 0.3) is 0 Å². The maximum Gasteiger partial charge on any atom is 0.355 e. The Bertz CT molecular complexity index is 1110. The summed E-state index contributed by atoms with van der Waals surface area (Å²) in [6, 6.07) is 13.7. The quantitative estimate of drug-likeness (QED) is 0.631. The number of urea groups is 1.